The first-order valence-corrected chi connectivity index (χ1v) is 9.89. The van der Waals surface area contributed by atoms with Crippen LogP contribution in [-0.4, -0.2) is 24.0 Å². The topological polar surface area (TPSA) is 45.2 Å². The third kappa shape index (κ3) is 4.21. The minimum atomic E-state index is -0.0571. The van der Waals surface area contributed by atoms with Crippen LogP contribution >= 0.6 is 11.3 Å². The molecule has 1 aromatic carbocycles. The van der Waals surface area contributed by atoms with E-state index in [0.29, 0.717) is 5.92 Å². The third-order valence-corrected chi connectivity index (χ3v) is 5.71. The first-order chi connectivity index (χ1) is 11.9. The summed E-state index contributed by atoms with van der Waals surface area (Å²) in [7, 11) is 0. The van der Waals surface area contributed by atoms with E-state index in [1.807, 2.05) is 13.0 Å². The van der Waals surface area contributed by atoms with Crippen LogP contribution in [0.5, 0.6) is 0 Å². The predicted molar refractivity (Wildman–Crippen MR) is 106 cm³/mol. The van der Waals surface area contributed by atoms with Gasteiger partial charge in [0.25, 0.3) is 5.91 Å². The molecule has 1 saturated heterocycles. The summed E-state index contributed by atoms with van der Waals surface area (Å²) in [5, 5.41) is 4.08. The van der Waals surface area contributed by atoms with Gasteiger partial charge < -0.3 is 10.2 Å². The van der Waals surface area contributed by atoms with Crippen molar-refractivity contribution in [3.05, 3.63) is 39.3 Å². The van der Waals surface area contributed by atoms with Gasteiger partial charge >= 0.3 is 0 Å². The number of carbonyl (C=O) groups is 1. The molecule has 0 saturated carbocycles. The zero-order valence-corrected chi connectivity index (χ0v) is 16.4. The molecule has 25 heavy (non-hydrogen) atoms. The zero-order valence-electron chi connectivity index (χ0n) is 15.6. The highest BCUT2D eigenvalue weighted by Crippen LogP contribution is 2.28. The van der Waals surface area contributed by atoms with Gasteiger partial charge in [0.15, 0.2) is 0 Å². The monoisotopic (exact) mass is 357 g/mol. The Balaban J connectivity index is 1.72. The van der Waals surface area contributed by atoms with E-state index in [-0.39, 0.29) is 5.91 Å². The van der Waals surface area contributed by atoms with E-state index in [1.54, 1.807) is 0 Å². The Morgan fingerprint density at radius 1 is 1.28 bits per heavy atom. The molecule has 5 heteroatoms. The van der Waals surface area contributed by atoms with E-state index >= 15 is 0 Å². The van der Waals surface area contributed by atoms with Crippen molar-refractivity contribution in [1.82, 2.24) is 4.98 Å². The molecule has 0 spiro atoms. The summed E-state index contributed by atoms with van der Waals surface area (Å²) in [5.74, 6) is 0.487. The van der Waals surface area contributed by atoms with Crippen LogP contribution in [-0.2, 0) is 6.42 Å². The van der Waals surface area contributed by atoms with Gasteiger partial charge in [-0.05, 0) is 56.4 Å². The van der Waals surface area contributed by atoms with Gasteiger partial charge in [-0.2, -0.15) is 0 Å². The standard InChI is InChI=1S/C20H27N3OS/c1-13(2)11-18-21-15(4)19(25-18)20(24)22-16-7-8-17(14(3)12-16)23-9-5-6-10-23/h7-8,12-13H,5-6,9-11H2,1-4H3,(H,22,24). The molecule has 2 heterocycles. The Hall–Kier alpha value is -1.88. The second kappa shape index (κ2) is 7.56. The lowest BCUT2D eigenvalue weighted by molar-refractivity contribution is 0.103. The van der Waals surface area contributed by atoms with Crippen LogP contribution in [0, 0.1) is 19.8 Å². The van der Waals surface area contributed by atoms with E-state index in [9.17, 15) is 4.79 Å². The fraction of sp³-hybridized carbons (Fsp3) is 0.500. The van der Waals surface area contributed by atoms with Crippen LogP contribution in [0.1, 0.15) is 52.6 Å². The Bertz CT molecular complexity index is 760. The molecule has 1 amide bonds. The molecule has 4 nitrogen and oxygen atoms in total. The summed E-state index contributed by atoms with van der Waals surface area (Å²) in [6.07, 6.45) is 3.45. The van der Waals surface area contributed by atoms with E-state index in [0.717, 1.165) is 40.8 Å². The van der Waals surface area contributed by atoms with Crippen molar-refractivity contribution in [2.75, 3.05) is 23.3 Å². The second-order valence-electron chi connectivity index (χ2n) is 7.27. The Morgan fingerprint density at radius 2 is 2.00 bits per heavy atom. The molecule has 0 unspecified atom stereocenters. The summed E-state index contributed by atoms with van der Waals surface area (Å²) in [6, 6.07) is 6.20. The smallest absolute Gasteiger partial charge is 0.267 e. The Labute approximate surface area is 154 Å². The normalized spacial score (nSPS) is 14.4. The van der Waals surface area contributed by atoms with Crippen molar-refractivity contribution in [3.8, 4) is 0 Å². The molecule has 1 aliphatic rings. The van der Waals surface area contributed by atoms with Crippen molar-refractivity contribution in [2.45, 2.75) is 47.0 Å². The van der Waals surface area contributed by atoms with Crippen LogP contribution in [0.4, 0.5) is 11.4 Å². The average Bonchev–Trinajstić information content (AvgIpc) is 3.16. The van der Waals surface area contributed by atoms with Gasteiger partial charge in [0.1, 0.15) is 4.88 Å². The molecule has 1 aromatic heterocycles. The SMILES string of the molecule is Cc1cc(NC(=O)c2sc(CC(C)C)nc2C)ccc1N1CCCC1. The molecule has 1 fully saturated rings. The number of nitrogens with zero attached hydrogens (tertiary/aromatic N) is 2. The van der Waals surface area contributed by atoms with Crippen molar-refractivity contribution in [3.63, 3.8) is 0 Å². The summed E-state index contributed by atoms with van der Waals surface area (Å²) in [6.45, 7) is 10.6. The third-order valence-electron chi connectivity index (χ3n) is 4.53. The number of nitrogens with one attached hydrogen (secondary N) is 1. The molecular formula is C20H27N3OS. The van der Waals surface area contributed by atoms with Crippen LogP contribution in [0.15, 0.2) is 18.2 Å². The van der Waals surface area contributed by atoms with E-state index in [2.05, 4.69) is 48.1 Å². The van der Waals surface area contributed by atoms with Gasteiger partial charge in [-0.15, -0.1) is 11.3 Å². The largest absolute Gasteiger partial charge is 0.371 e. The number of hydrogen-bond acceptors (Lipinski definition) is 4. The fourth-order valence-corrected chi connectivity index (χ4v) is 4.51. The van der Waals surface area contributed by atoms with Crippen LogP contribution in [0.3, 0.4) is 0 Å². The van der Waals surface area contributed by atoms with Crippen LogP contribution in [0.25, 0.3) is 0 Å². The molecule has 134 valence electrons. The van der Waals surface area contributed by atoms with Crippen molar-refractivity contribution < 1.29 is 4.79 Å². The van der Waals surface area contributed by atoms with Gasteiger partial charge in [-0.1, -0.05) is 13.8 Å². The maximum Gasteiger partial charge on any atom is 0.267 e. The lowest BCUT2D eigenvalue weighted by atomic mass is 10.1. The van der Waals surface area contributed by atoms with Crippen molar-refractivity contribution >= 4 is 28.6 Å². The van der Waals surface area contributed by atoms with Crippen molar-refractivity contribution in [1.29, 1.82) is 0 Å². The molecule has 0 atom stereocenters. The number of hydrogen-bond donors (Lipinski definition) is 1. The van der Waals surface area contributed by atoms with Gasteiger partial charge in [0, 0.05) is 30.9 Å². The highest BCUT2D eigenvalue weighted by atomic mass is 32.1. The maximum absolute atomic E-state index is 12.6. The van der Waals surface area contributed by atoms with Gasteiger partial charge in [-0.3, -0.25) is 4.79 Å². The van der Waals surface area contributed by atoms with E-state index in [4.69, 9.17) is 0 Å². The quantitative estimate of drug-likeness (QED) is 0.835. The van der Waals surface area contributed by atoms with Gasteiger partial charge in [-0.25, -0.2) is 4.98 Å². The summed E-state index contributed by atoms with van der Waals surface area (Å²) < 4.78 is 0. The Morgan fingerprint density at radius 3 is 2.64 bits per heavy atom. The Kier molecular flexibility index (Phi) is 5.42. The van der Waals surface area contributed by atoms with E-state index in [1.165, 1.54) is 35.4 Å². The number of amides is 1. The lowest BCUT2D eigenvalue weighted by Crippen LogP contribution is -2.19. The maximum atomic E-state index is 12.6. The second-order valence-corrected chi connectivity index (χ2v) is 8.35. The number of rotatable bonds is 5. The highest BCUT2D eigenvalue weighted by molar-refractivity contribution is 7.13. The molecule has 2 aromatic rings. The molecule has 3 rings (SSSR count). The molecule has 0 bridgehead atoms. The minimum absolute atomic E-state index is 0.0571. The van der Waals surface area contributed by atoms with E-state index < -0.39 is 0 Å². The first kappa shape index (κ1) is 17.9. The average molecular weight is 358 g/mol. The van der Waals surface area contributed by atoms with Gasteiger partial charge in [0.05, 0.1) is 10.7 Å². The van der Waals surface area contributed by atoms with Crippen LogP contribution in [0.2, 0.25) is 0 Å². The predicted octanol–water partition coefficient (Wildman–Crippen LogP) is 4.81. The number of aromatic nitrogens is 1. The zero-order chi connectivity index (χ0) is 18.0. The number of benzene rings is 1. The van der Waals surface area contributed by atoms with Crippen molar-refractivity contribution in [2.24, 2.45) is 5.92 Å². The molecule has 1 aliphatic heterocycles. The highest BCUT2D eigenvalue weighted by Gasteiger charge is 2.18. The lowest BCUT2D eigenvalue weighted by Gasteiger charge is -2.20. The minimum Gasteiger partial charge on any atom is -0.371 e. The number of thiazole rings is 1. The first-order valence-electron chi connectivity index (χ1n) is 9.07. The number of carbonyl (C=O) groups excluding carboxylic acids is 1. The summed E-state index contributed by atoms with van der Waals surface area (Å²) in [4.78, 5) is 20.3. The van der Waals surface area contributed by atoms with Gasteiger partial charge in [0.2, 0.25) is 0 Å². The summed E-state index contributed by atoms with van der Waals surface area (Å²) >= 11 is 1.51. The molecule has 0 radical (unpaired) electrons. The molecule has 1 N–H and O–H groups in total. The summed E-state index contributed by atoms with van der Waals surface area (Å²) in [5.41, 5.74) is 4.16. The number of anilines is 2. The van der Waals surface area contributed by atoms with Crippen LogP contribution < -0.4 is 10.2 Å². The molecule has 0 aliphatic carbocycles. The number of aryl methyl sites for hydroxylation is 2. The molecular weight excluding hydrogens is 330 g/mol. The fourth-order valence-electron chi connectivity index (χ4n) is 3.33.